The van der Waals surface area contributed by atoms with Gasteiger partial charge in [-0.05, 0) is 98.0 Å². The summed E-state index contributed by atoms with van der Waals surface area (Å²) in [5.74, 6) is 4.09. The van der Waals surface area contributed by atoms with E-state index in [4.69, 9.17) is 19.4 Å². The number of likely N-dealkylation sites (tertiary alicyclic amines) is 1. The number of ether oxygens (including phenoxy) is 2. The highest BCUT2D eigenvalue weighted by Gasteiger charge is 2.34. The monoisotopic (exact) mass is 593 g/mol. The summed E-state index contributed by atoms with van der Waals surface area (Å²) in [6, 6.07) is 0.475. The van der Waals surface area contributed by atoms with Gasteiger partial charge in [0.05, 0.1) is 6.54 Å². The molecule has 0 aromatic heterocycles. The molecule has 0 bridgehead atoms. The molecule has 0 radical (unpaired) electrons. The average molecular weight is 594 g/mol. The molecule has 2 fully saturated rings. The number of unbranched alkanes of at least 4 members (excludes halogenated alkanes) is 1. The quantitative estimate of drug-likeness (QED) is 0.229. The molecule has 3 atom stereocenters. The maximum Gasteiger partial charge on any atom is 0.300 e. The molecule has 8 nitrogen and oxygen atoms in total. The number of aliphatic carboxylic acids is 1. The van der Waals surface area contributed by atoms with Crippen LogP contribution in [0.25, 0.3) is 0 Å². The van der Waals surface area contributed by atoms with Crippen LogP contribution in [0.1, 0.15) is 66.7 Å². The number of carbonyl (C=O) groups excluding carboxylic acids is 1. The lowest BCUT2D eigenvalue weighted by Gasteiger charge is -2.30. The molecule has 41 heavy (non-hydrogen) atoms. The fourth-order valence-electron chi connectivity index (χ4n) is 5.11. The number of carboxylic acid groups (broad SMARTS) is 1. The Labute approximate surface area is 250 Å². The molecule has 0 aliphatic carbocycles. The fraction of sp³-hybridized carbons (Fsp3) is 0.688. The van der Waals surface area contributed by atoms with E-state index in [-0.39, 0.29) is 7.92 Å². The number of hydrogen-bond acceptors (Lipinski definition) is 6. The molecule has 0 spiro atoms. The normalized spacial score (nSPS) is 21.5. The van der Waals surface area contributed by atoms with E-state index in [0.717, 1.165) is 76.7 Å². The number of hydrogen-bond donors (Lipinski definition) is 1. The molecule has 2 aliphatic rings. The molecule has 1 amide bonds. The summed E-state index contributed by atoms with van der Waals surface area (Å²) in [7, 11) is 4.03. The van der Waals surface area contributed by atoms with Crippen molar-refractivity contribution in [3.63, 3.8) is 0 Å². The predicted molar refractivity (Wildman–Crippen MR) is 171 cm³/mol. The first-order valence-corrected chi connectivity index (χ1v) is 17.0. The van der Waals surface area contributed by atoms with Crippen molar-refractivity contribution in [2.24, 2.45) is 5.92 Å². The molecule has 2 rings (SSSR count). The Balaban J connectivity index is 0.00000196. The Kier molecular flexibility index (Phi) is 18.6. The summed E-state index contributed by atoms with van der Waals surface area (Å²) in [5, 5.41) is 7.42. The zero-order chi connectivity index (χ0) is 30.8. The molecule has 0 aromatic rings. The van der Waals surface area contributed by atoms with Gasteiger partial charge in [0.25, 0.3) is 5.97 Å². The summed E-state index contributed by atoms with van der Waals surface area (Å²) >= 11 is 0. The van der Waals surface area contributed by atoms with Crippen LogP contribution in [0.2, 0.25) is 0 Å². The van der Waals surface area contributed by atoms with Gasteiger partial charge < -0.3 is 24.4 Å². The highest BCUT2D eigenvalue weighted by molar-refractivity contribution is 7.60. The zero-order valence-corrected chi connectivity index (χ0v) is 27.8. The van der Waals surface area contributed by atoms with Crippen LogP contribution < -0.4 is 0 Å². The van der Waals surface area contributed by atoms with Crippen molar-refractivity contribution >= 4 is 19.8 Å². The van der Waals surface area contributed by atoms with Gasteiger partial charge in [-0.3, -0.25) is 14.5 Å². The maximum absolute atomic E-state index is 13.5. The Morgan fingerprint density at radius 2 is 1.76 bits per heavy atom. The van der Waals surface area contributed by atoms with Crippen LogP contribution in [0.3, 0.4) is 0 Å². The summed E-state index contributed by atoms with van der Waals surface area (Å²) in [4.78, 5) is 29.3. The number of allylic oxidation sites excluding steroid dienone is 5. The Morgan fingerprint density at radius 3 is 2.37 bits per heavy atom. The fourth-order valence-corrected chi connectivity index (χ4v) is 7.14. The van der Waals surface area contributed by atoms with Crippen LogP contribution in [-0.4, -0.2) is 104 Å². The van der Waals surface area contributed by atoms with Crippen LogP contribution >= 0.6 is 7.92 Å². The molecule has 2 heterocycles. The van der Waals surface area contributed by atoms with E-state index in [0.29, 0.717) is 31.2 Å². The third kappa shape index (κ3) is 16.2. The van der Waals surface area contributed by atoms with E-state index in [1.165, 1.54) is 11.7 Å². The van der Waals surface area contributed by atoms with Crippen molar-refractivity contribution in [2.75, 3.05) is 66.4 Å². The van der Waals surface area contributed by atoms with Crippen molar-refractivity contribution in [1.82, 2.24) is 14.7 Å². The van der Waals surface area contributed by atoms with Gasteiger partial charge in [0.15, 0.2) is 11.5 Å². The second-order valence-electron chi connectivity index (χ2n) is 11.5. The number of amides is 1. The van der Waals surface area contributed by atoms with Gasteiger partial charge in [-0.25, -0.2) is 0 Å². The standard InChI is InChI=1S/C30H52N3O3P.C2H4O2/c1-8-10-17-32(18-13-16-31(5)6)30(34)21-33-20-26(19-27(33)23-37(7)22-25(3)4)14-11-12-15-29-28(9-2)35-24-36-29;1-2(3)4/h9,11-12,15,22,26-27H,8,10,13-14,16-21,23-24H2,1-7H3;1H3,(H,3,4)/b12-11+,28-9+,29-15+;/t26?,27-,37?;/m1./s1. The van der Waals surface area contributed by atoms with E-state index in [2.05, 4.69) is 74.2 Å². The third-order valence-electron chi connectivity index (χ3n) is 6.88. The first-order chi connectivity index (χ1) is 19.5. The molecule has 234 valence electrons. The van der Waals surface area contributed by atoms with Crippen molar-refractivity contribution in [2.45, 2.75) is 72.8 Å². The minimum atomic E-state index is -0.833. The SMILES string of the molecule is C/C=C1/OCO/C1=C/C=C/CC1C[C@H](CP(C)C=C(C)C)N(CC(=O)N(CCCC)CCCN(C)C)C1.CC(=O)O. The van der Waals surface area contributed by atoms with Gasteiger partial charge in [0, 0.05) is 32.6 Å². The van der Waals surface area contributed by atoms with E-state index in [1.807, 2.05) is 19.1 Å². The molecule has 1 N–H and O–H groups in total. The Morgan fingerprint density at radius 1 is 1.10 bits per heavy atom. The minimum absolute atomic E-state index is 0.171. The predicted octanol–water partition coefficient (Wildman–Crippen LogP) is 6.12. The van der Waals surface area contributed by atoms with E-state index >= 15 is 0 Å². The van der Waals surface area contributed by atoms with Crippen molar-refractivity contribution in [1.29, 1.82) is 0 Å². The van der Waals surface area contributed by atoms with Gasteiger partial charge >= 0.3 is 0 Å². The molecule has 2 unspecified atom stereocenters. The smallest absolute Gasteiger partial charge is 0.300 e. The summed E-state index contributed by atoms with van der Waals surface area (Å²) in [6.45, 7) is 16.6. The molecule has 2 saturated heterocycles. The van der Waals surface area contributed by atoms with Crippen LogP contribution in [-0.2, 0) is 19.1 Å². The maximum atomic E-state index is 13.5. The first-order valence-electron chi connectivity index (χ1n) is 15.0. The second-order valence-corrected chi connectivity index (χ2v) is 13.6. The summed E-state index contributed by atoms with van der Waals surface area (Å²) < 4.78 is 11.0. The molecule has 0 aromatic carbocycles. The molecule has 2 aliphatic heterocycles. The highest BCUT2D eigenvalue weighted by atomic mass is 31.1. The summed E-state index contributed by atoms with van der Waals surface area (Å²) in [5.41, 5.74) is 1.40. The van der Waals surface area contributed by atoms with Gasteiger partial charge in [0.2, 0.25) is 12.7 Å². The number of carboxylic acids is 1. The van der Waals surface area contributed by atoms with Gasteiger partial charge in [0.1, 0.15) is 0 Å². The highest BCUT2D eigenvalue weighted by Crippen LogP contribution is 2.39. The van der Waals surface area contributed by atoms with Crippen LogP contribution in [0.4, 0.5) is 0 Å². The van der Waals surface area contributed by atoms with Crippen molar-refractivity contribution in [3.8, 4) is 0 Å². The lowest BCUT2D eigenvalue weighted by Crippen LogP contribution is -2.44. The number of rotatable bonds is 15. The zero-order valence-electron chi connectivity index (χ0n) is 26.9. The first kappa shape index (κ1) is 36.9. The largest absolute Gasteiger partial charge is 0.481 e. The van der Waals surface area contributed by atoms with E-state index < -0.39 is 5.97 Å². The van der Waals surface area contributed by atoms with Gasteiger partial charge in [-0.2, -0.15) is 0 Å². The van der Waals surface area contributed by atoms with Gasteiger partial charge in [-0.1, -0.05) is 44.8 Å². The topological polar surface area (TPSA) is 82.6 Å². The molecule has 9 heteroatoms. The lowest BCUT2D eigenvalue weighted by molar-refractivity contribution is -0.134. The second kappa shape index (κ2) is 20.7. The molecular weight excluding hydrogens is 537 g/mol. The van der Waals surface area contributed by atoms with Crippen LogP contribution in [0.5, 0.6) is 0 Å². The number of carbonyl (C=O) groups is 2. The van der Waals surface area contributed by atoms with Crippen molar-refractivity contribution < 1.29 is 24.2 Å². The third-order valence-corrected chi connectivity index (χ3v) is 8.84. The van der Waals surface area contributed by atoms with Crippen LogP contribution in [0.15, 0.2) is 47.2 Å². The molecule has 0 saturated carbocycles. The van der Waals surface area contributed by atoms with E-state index in [9.17, 15) is 4.79 Å². The minimum Gasteiger partial charge on any atom is -0.481 e. The Hall–Kier alpha value is -2.15. The van der Waals surface area contributed by atoms with E-state index in [1.54, 1.807) is 0 Å². The summed E-state index contributed by atoms with van der Waals surface area (Å²) in [6.07, 6.45) is 14.8. The number of nitrogens with zero attached hydrogens (tertiary/aromatic N) is 3. The van der Waals surface area contributed by atoms with Crippen molar-refractivity contribution in [3.05, 3.63) is 47.2 Å². The lowest BCUT2D eigenvalue weighted by atomic mass is 10.0. The van der Waals surface area contributed by atoms with Gasteiger partial charge in [-0.15, -0.1) is 0 Å². The average Bonchev–Trinajstić information content (AvgIpc) is 3.49. The Bertz CT molecular complexity index is 907. The molecular formula is C32H56N3O5P. The van der Waals surface area contributed by atoms with Crippen LogP contribution in [0, 0.1) is 5.92 Å².